The van der Waals surface area contributed by atoms with Gasteiger partial charge in [-0.1, -0.05) is 34.8 Å². The van der Waals surface area contributed by atoms with Gasteiger partial charge in [-0.3, -0.25) is 0 Å². The summed E-state index contributed by atoms with van der Waals surface area (Å²) in [6.45, 7) is 5.87. The minimum Gasteiger partial charge on any atom is -0.487 e. The molecule has 2 aromatic rings. The molecule has 26 heavy (non-hydrogen) atoms. The average molecular weight is 413 g/mol. The lowest BCUT2D eigenvalue weighted by Crippen LogP contribution is -2.37. The number of nitrogens with one attached hydrogen (secondary N) is 1. The van der Waals surface area contributed by atoms with Gasteiger partial charge in [-0.2, -0.15) is 0 Å². The molecule has 2 aliphatic rings. The van der Waals surface area contributed by atoms with Gasteiger partial charge in [0.25, 0.3) is 0 Å². The highest BCUT2D eigenvalue weighted by Crippen LogP contribution is 2.50. The molecule has 1 saturated heterocycles. The van der Waals surface area contributed by atoms with Gasteiger partial charge in [0.15, 0.2) is 11.5 Å². The summed E-state index contributed by atoms with van der Waals surface area (Å²) in [6, 6.07) is 7.51. The van der Waals surface area contributed by atoms with Crippen molar-refractivity contribution in [2.75, 3.05) is 13.1 Å². The largest absolute Gasteiger partial charge is 0.487 e. The van der Waals surface area contributed by atoms with Crippen molar-refractivity contribution in [3.05, 3.63) is 44.9 Å². The Labute approximate surface area is 168 Å². The fourth-order valence-corrected chi connectivity index (χ4v) is 4.80. The average Bonchev–Trinajstić information content (AvgIpc) is 2.93. The molecular formula is C20H20Cl3NO2. The van der Waals surface area contributed by atoms with E-state index in [4.69, 9.17) is 44.3 Å². The number of fused-ring (bicyclic) bond motifs is 3. The first-order valence-corrected chi connectivity index (χ1v) is 9.94. The van der Waals surface area contributed by atoms with Crippen molar-refractivity contribution in [2.45, 2.75) is 38.4 Å². The van der Waals surface area contributed by atoms with Crippen molar-refractivity contribution in [3.8, 4) is 22.6 Å². The Morgan fingerprint density at radius 3 is 2.54 bits per heavy atom. The van der Waals surface area contributed by atoms with E-state index in [1.165, 1.54) is 0 Å². The molecule has 0 amide bonds. The SMILES string of the molecule is CC(C)Oc1cc(-c2c(Cl)cc(Cl)cc2Cl)cc2c1OC1CCNCC21. The first kappa shape index (κ1) is 18.2. The number of piperidine rings is 1. The van der Waals surface area contributed by atoms with Gasteiger partial charge in [0, 0.05) is 28.6 Å². The third-order valence-corrected chi connectivity index (χ3v) is 5.64. The van der Waals surface area contributed by atoms with E-state index < -0.39 is 0 Å². The van der Waals surface area contributed by atoms with E-state index in [9.17, 15) is 0 Å². The van der Waals surface area contributed by atoms with Gasteiger partial charge >= 0.3 is 0 Å². The Hall–Kier alpha value is -1.13. The van der Waals surface area contributed by atoms with Crippen LogP contribution in [0.2, 0.25) is 15.1 Å². The van der Waals surface area contributed by atoms with E-state index >= 15 is 0 Å². The molecule has 2 aliphatic heterocycles. The number of ether oxygens (including phenoxy) is 2. The molecular weight excluding hydrogens is 393 g/mol. The molecule has 0 saturated carbocycles. The van der Waals surface area contributed by atoms with Crippen LogP contribution >= 0.6 is 34.8 Å². The zero-order chi connectivity index (χ0) is 18.4. The third kappa shape index (κ3) is 3.27. The topological polar surface area (TPSA) is 30.5 Å². The number of hydrogen-bond acceptors (Lipinski definition) is 3. The lowest BCUT2D eigenvalue weighted by atomic mass is 9.89. The molecule has 1 fully saturated rings. The maximum absolute atomic E-state index is 6.46. The number of rotatable bonds is 3. The smallest absolute Gasteiger partial charge is 0.165 e. The fourth-order valence-electron chi connectivity index (χ4n) is 3.77. The summed E-state index contributed by atoms with van der Waals surface area (Å²) >= 11 is 19.0. The van der Waals surface area contributed by atoms with Crippen LogP contribution in [-0.2, 0) is 0 Å². The van der Waals surface area contributed by atoms with Crippen molar-refractivity contribution in [3.63, 3.8) is 0 Å². The van der Waals surface area contributed by atoms with E-state index in [0.29, 0.717) is 21.0 Å². The number of hydrogen-bond donors (Lipinski definition) is 1. The van der Waals surface area contributed by atoms with Crippen LogP contribution in [0, 0.1) is 0 Å². The first-order chi connectivity index (χ1) is 12.4. The molecule has 0 spiro atoms. The van der Waals surface area contributed by atoms with Crippen LogP contribution in [-0.4, -0.2) is 25.3 Å². The van der Waals surface area contributed by atoms with Crippen molar-refractivity contribution < 1.29 is 9.47 Å². The summed E-state index contributed by atoms with van der Waals surface area (Å²) in [5.41, 5.74) is 2.83. The Bertz CT molecular complexity index is 830. The van der Waals surface area contributed by atoms with Gasteiger partial charge in [0.05, 0.1) is 16.1 Å². The standard InChI is InChI=1S/C20H20Cl3NO2/c1-10(2)25-18-6-11(19-15(22)7-12(21)8-16(19)23)5-13-14-9-24-4-3-17(14)26-20(13)18/h5-8,10,14,17,24H,3-4,9H2,1-2H3. The van der Waals surface area contributed by atoms with E-state index in [1.54, 1.807) is 12.1 Å². The van der Waals surface area contributed by atoms with Gasteiger partial charge in [-0.05, 0) is 56.6 Å². The van der Waals surface area contributed by atoms with Gasteiger partial charge in [-0.25, -0.2) is 0 Å². The molecule has 2 heterocycles. The molecule has 4 rings (SSSR count). The molecule has 0 aromatic heterocycles. The predicted molar refractivity (Wildman–Crippen MR) is 107 cm³/mol. The van der Waals surface area contributed by atoms with Crippen LogP contribution in [0.4, 0.5) is 0 Å². The molecule has 0 radical (unpaired) electrons. The molecule has 2 atom stereocenters. The predicted octanol–water partition coefficient (Wildman–Crippen LogP) is 5.94. The van der Waals surface area contributed by atoms with Crippen LogP contribution in [0.5, 0.6) is 11.5 Å². The quantitative estimate of drug-likeness (QED) is 0.677. The fraction of sp³-hybridized carbons (Fsp3) is 0.400. The number of benzene rings is 2. The Morgan fingerprint density at radius 1 is 1.12 bits per heavy atom. The van der Waals surface area contributed by atoms with Gasteiger partial charge in [-0.15, -0.1) is 0 Å². The second-order valence-electron chi connectivity index (χ2n) is 7.06. The van der Waals surface area contributed by atoms with E-state index in [0.717, 1.165) is 47.7 Å². The molecule has 3 nitrogen and oxygen atoms in total. The minimum atomic E-state index is 0.0369. The summed E-state index contributed by atoms with van der Waals surface area (Å²) in [4.78, 5) is 0. The van der Waals surface area contributed by atoms with E-state index in [-0.39, 0.29) is 12.2 Å². The van der Waals surface area contributed by atoms with E-state index in [1.807, 2.05) is 19.9 Å². The van der Waals surface area contributed by atoms with Crippen LogP contribution in [0.15, 0.2) is 24.3 Å². The van der Waals surface area contributed by atoms with Crippen molar-refractivity contribution in [2.24, 2.45) is 0 Å². The second kappa shape index (κ2) is 7.12. The summed E-state index contributed by atoms with van der Waals surface area (Å²) in [5, 5.41) is 5.02. The van der Waals surface area contributed by atoms with Crippen LogP contribution in [0.3, 0.4) is 0 Å². The summed E-state index contributed by atoms with van der Waals surface area (Å²) in [5.74, 6) is 1.89. The summed E-state index contributed by atoms with van der Waals surface area (Å²) < 4.78 is 12.3. The van der Waals surface area contributed by atoms with Crippen molar-refractivity contribution >= 4 is 34.8 Å². The zero-order valence-electron chi connectivity index (χ0n) is 14.6. The lowest BCUT2D eigenvalue weighted by molar-refractivity contribution is 0.160. The second-order valence-corrected chi connectivity index (χ2v) is 8.31. The van der Waals surface area contributed by atoms with Crippen LogP contribution in [0.1, 0.15) is 31.7 Å². The summed E-state index contributed by atoms with van der Waals surface area (Å²) in [7, 11) is 0. The zero-order valence-corrected chi connectivity index (χ0v) is 16.9. The molecule has 6 heteroatoms. The van der Waals surface area contributed by atoms with Gasteiger partial charge < -0.3 is 14.8 Å². The molecule has 0 bridgehead atoms. The Balaban J connectivity index is 1.88. The molecule has 2 unspecified atom stereocenters. The minimum absolute atomic E-state index is 0.0369. The molecule has 138 valence electrons. The summed E-state index contributed by atoms with van der Waals surface area (Å²) in [6.07, 6.45) is 1.21. The molecule has 1 N–H and O–H groups in total. The normalized spacial score (nSPS) is 21.3. The van der Waals surface area contributed by atoms with Crippen molar-refractivity contribution in [1.29, 1.82) is 0 Å². The lowest BCUT2D eigenvalue weighted by Gasteiger charge is -2.24. The van der Waals surface area contributed by atoms with Gasteiger partial charge in [0.1, 0.15) is 6.10 Å². The monoisotopic (exact) mass is 411 g/mol. The Morgan fingerprint density at radius 2 is 1.85 bits per heavy atom. The first-order valence-electron chi connectivity index (χ1n) is 8.81. The van der Waals surface area contributed by atoms with Crippen molar-refractivity contribution in [1.82, 2.24) is 5.32 Å². The third-order valence-electron chi connectivity index (χ3n) is 4.83. The molecule has 2 aromatic carbocycles. The van der Waals surface area contributed by atoms with Crippen LogP contribution in [0.25, 0.3) is 11.1 Å². The maximum atomic E-state index is 6.46. The maximum Gasteiger partial charge on any atom is 0.165 e. The van der Waals surface area contributed by atoms with Gasteiger partial charge in [0.2, 0.25) is 0 Å². The highest BCUT2D eigenvalue weighted by Gasteiger charge is 2.38. The Kier molecular flexibility index (Phi) is 5.00. The molecule has 0 aliphatic carbocycles. The number of halogens is 3. The highest BCUT2D eigenvalue weighted by molar-refractivity contribution is 6.41. The highest BCUT2D eigenvalue weighted by atomic mass is 35.5. The van der Waals surface area contributed by atoms with E-state index in [2.05, 4.69) is 11.4 Å². The van der Waals surface area contributed by atoms with Crippen LogP contribution < -0.4 is 14.8 Å².